The molecular weight excluding hydrogens is 152 g/mol. The number of aliphatic hydroxyl groups is 1. The van der Waals surface area contributed by atoms with Crippen molar-refractivity contribution in [2.24, 2.45) is 0 Å². The monoisotopic (exact) mass is 164 g/mol. The average Bonchev–Trinajstić information content (AvgIpc) is 2.16. The second-order valence-electron chi connectivity index (χ2n) is 2.73. The molecule has 0 spiro atoms. The summed E-state index contributed by atoms with van der Waals surface area (Å²) in [5.74, 6) is 0. The van der Waals surface area contributed by atoms with Crippen molar-refractivity contribution in [2.45, 2.75) is 18.9 Å². The maximum absolute atomic E-state index is 10.1. The molecule has 0 bridgehead atoms. The Bertz CT molecular complexity index is 231. The Kier molecular flexibility index (Phi) is 3.48. The van der Waals surface area contributed by atoms with Crippen LogP contribution in [0, 0.1) is 0 Å². The van der Waals surface area contributed by atoms with E-state index in [4.69, 9.17) is 5.11 Å². The van der Waals surface area contributed by atoms with Crippen molar-refractivity contribution < 1.29 is 9.90 Å². The summed E-state index contributed by atoms with van der Waals surface area (Å²) in [6, 6.07) is 9.81. The number of benzene rings is 1. The third kappa shape index (κ3) is 2.84. The molecule has 0 radical (unpaired) electrons. The van der Waals surface area contributed by atoms with Crippen LogP contribution in [0.3, 0.4) is 0 Å². The number of aryl methyl sites for hydroxylation is 1. The van der Waals surface area contributed by atoms with E-state index in [-0.39, 0.29) is 0 Å². The first-order valence-electron chi connectivity index (χ1n) is 4.00. The number of rotatable bonds is 4. The molecule has 0 amide bonds. The lowest BCUT2D eigenvalue weighted by Gasteiger charge is -2.01. The lowest BCUT2D eigenvalue weighted by atomic mass is 10.1. The third-order valence-electron chi connectivity index (χ3n) is 1.73. The van der Waals surface area contributed by atoms with Crippen LogP contribution in [0.2, 0.25) is 0 Å². The average molecular weight is 164 g/mol. The minimum atomic E-state index is -0.815. The molecule has 1 N–H and O–H groups in total. The van der Waals surface area contributed by atoms with Gasteiger partial charge < -0.3 is 9.90 Å². The predicted molar refractivity (Wildman–Crippen MR) is 46.8 cm³/mol. The van der Waals surface area contributed by atoms with E-state index in [9.17, 15) is 4.79 Å². The highest BCUT2D eigenvalue weighted by molar-refractivity contribution is 5.55. The topological polar surface area (TPSA) is 37.3 Å². The molecule has 0 aromatic heterocycles. The molecular formula is C10H12O2. The zero-order valence-electron chi connectivity index (χ0n) is 6.81. The molecule has 0 aliphatic rings. The molecule has 1 atom stereocenters. The Morgan fingerprint density at radius 2 is 2.00 bits per heavy atom. The van der Waals surface area contributed by atoms with E-state index in [0.717, 1.165) is 12.0 Å². The molecule has 0 saturated heterocycles. The second-order valence-corrected chi connectivity index (χ2v) is 2.73. The first-order chi connectivity index (χ1) is 5.83. The van der Waals surface area contributed by atoms with Gasteiger partial charge in [0.15, 0.2) is 0 Å². The van der Waals surface area contributed by atoms with Crippen LogP contribution in [0.25, 0.3) is 0 Å². The fourth-order valence-corrected chi connectivity index (χ4v) is 1.03. The Morgan fingerprint density at radius 1 is 1.33 bits per heavy atom. The molecule has 1 rings (SSSR count). The van der Waals surface area contributed by atoms with E-state index in [1.165, 1.54) is 0 Å². The van der Waals surface area contributed by atoms with Gasteiger partial charge in [0.25, 0.3) is 0 Å². The van der Waals surface area contributed by atoms with Crippen LogP contribution in [0.15, 0.2) is 30.3 Å². The molecule has 0 aliphatic heterocycles. The van der Waals surface area contributed by atoms with Gasteiger partial charge in [-0.15, -0.1) is 0 Å². The van der Waals surface area contributed by atoms with Crippen molar-refractivity contribution in [2.75, 3.05) is 0 Å². The fourth-order valence-electron chi connectivity index (χ4n) is 1.03. The van der Waals surface area contributed by atoms with Crippen LogP contribution in [0.5, 0.6) is 0 Å². The van der Waals surface area contributed by atoms with Gasteiger partial charge in [0.2, 0.25) is 0 Å². The summed E-state index contributed by atoms with van der Waals surface area (Å²) < 4.78 is 0. The maximum atomic E-state index is 10.1. The summed E-state index contributed by atoms with van der Waals surface area (Å²) >= 11 is 0. The van der Waals surface area contributed by atoms with Gasteiger partial charge in [-0.3, -0.25) is 0 Å². The Hall–Kier alpha value is -1.15. The summed E-state index contributed by atoms with van der Waals surface area (Å²) in [6.45, 7) is 0. The number of hydrogen-bond acceptors (Lipinski definition) is 2. The minimum absolute atomic E-state index is 0.507. The van der Waals surface area contributed by atoms with Gasteiger partial charge in [0.1, 0.15) is 12.4 Å². The van der Waals surface area contributed by atoms with Crippen LogP contribution in [-0.2, 0) is 11.2 Å². The van der Waals surface area contributed by atoms with Crippen molar-refractivity contribution in [3.05, 3.63) is 35.9 Å². The summed E-state index contributed by atoms with van der Waals surface area (Å²) in [5, 5.41) is 8.95. The minimum Gasteiger partial charge on any atom is -0.386 e. The molecule has 1 aromatic rings. The lowest BCUT2D eigenvalue weighted by Crippen LogP contribution is -2.08. The van der Waals surface area contributed by atoms with Gasteiger partial charge in [-0.1, -0.05) is 30.3 Å². The quantitative estimate of drug-likeness (QED) is 0.678. The Morgan fingerprint density at radius 3 is 2.58 bits per heavy atom. The molecule has 0 heterocycles. The molecule has 64 valence electrons. The first-order valence-corrected chi connectivity index (χ1v) is 4.00. The molecule has 1 aromatic carbocycles. The molecule has 2 nitrogen and oxygen atoms in total. The number of hydrogen-bond donors (Lipinski definition) is 1. The highest BCUT2D eigenvalue weighted by Gasteiger charge is 2.00. The van der Waals surface area contributed by atoms with Gasteiger partial charge >= 0.3 is 0 Å². The normalized spacial score (nSPS) is 12.4. The van der Waals surface area contributed by atoms with Crippen molar-refractivity contribution in [3.8, 4) is 0 Å². The zero-order chi connectivity index (χ0) is 8.81. The number of aldehydes is 1. The smallest absolute Gasteiger partial charge is 0.148 e. The van der Waals surface area contributed by atoms with Crippen LogP contribution in [0.4, 0.5) is 0 Å². The fraction of sp³-hybridized carbons (Fsp3) is 0.300. The van der Waals surface area contributed by atoms with Crippen molar-refractivity contribution in [1.29, 1.82) is 0 Å². The summed E-state index contributed by atoms with van der Waals surface area (Å²) in [4.78, 5) is 10.1. The van der Waals surface area contributed by atoms with E-state index >= 15 is 0 Å². The molecule has 2 heteroatoms. The van der Waals surface area contributed by atoms with Crippen LogP contribution in [0.1, 0.15) is 12.0 Å². The van der Waals surface area contributed by atoms with E-state index in [1.54, 1.807) is 0 Å². The number of carbonyl (C=O) groups is 1. The lowest BCUT2D eigenvalue weighted by molar-refractivity contribution is -0.115. The first kappa shape index (κ1) is 8.94. The second kappa shape index (κ2) is 4.67. The standard InChI is InChI=1S/C10H12O2/c11-8-10(12)7-6-9-4-2-1-3-5-9/h1-5,8,10,12H,6-7H2/t10-/m1/s1. The highest BCUT2D eigenvalue weighted by atomic mass is 16.3. The summed E-state index contributed by atoms with van der Waals surface area (Å²) in [5.41, 5.74) is 1.15. The van der Waals surface area contributed by atoms with Crippen molar-refractivity contribution in [3.63, 3.8) is 0 Å². The van der Waals surface area contributed by atoms with Gasteiger partial charge in [0.05, 0.1) is 0 Å². The number of carbonyl (C=O) groups excluding carboxylic acids is 1. The molecule has 12 heavy (non-hydrogen) atoms. The molecule has 0 aliphatic carbocycles. The van der Waals surface area contributed by atoms with Crippen molar-refractivity contribution >= 4 is 6.29 Å². The maximum Gasteiger partial charge on any atom is 0.148 e. The van der Waals surface area contributed by atoms with Crippen LogP contribution < -0.4 is 0 Å². The largest absolute Gasteiger partial charge is 0.386 e. The zero-order valence-corrected chi connectivity index (χ0v) is 6.81. The van der Waals surface area contributed by atoms with E-state index in [0.29, 0.717) is 12.7 Å². The van der Waals surface area contributed by atoms with Gasteiger partial charge in [-0.25, -0.2) is 0 Å². The SMILES string of the molecule is O=C[C@H](O)CCc1ccccc1. The molecule has 0 unspecified atom stereocenters. The van der Waals surface area contributed by atoms with Gasteiger partial charge in [-0.05, 0) is 18.4 Å². The predicted octanol–water partition coefficient (Wildman–Crippen LogP) is 1.18. The molecule has 0 fully saturated rings. The summed E-state index contributed by atoms with van der Waals surface area (Å²) in [6.07, 6.45) is 1.02. The third-order valence-corrected chi connectivity index (χ3v) is 1.73. The molecule has 0 saturated carbocycles. The van der Waals surface area contributed by atoms with Crippen molar-refractivity contribution in [1.82, 2.24) is 0 Å². The van der Waals surface area contributed by atoms with Gasteiger partial charge in [-0.2, -0.15) is 0 Å². The van der Waals surface area contributed by atoms with E-state index in [1.807, 2.05) is 30.3 Å². The Balaban J connectivity index is 2.38. The number of aliphatic hydroxyl groups excluding tert-OH is 1. The van der Waals surface area contributed by atoms with Crippen LogP contribution >= 0.6 is 0 Å². The van der Waals surface area contributed by atoms with E-state index < -0.39 is 6.10 Å². The highest BCUT2D eigenvalue weighted by Crippen LogP contribution is 2.03. The Labute approximate surface area is 71.8 Å². The van der Waals surface area contributed by atoms with Crippen LogP contribution in [-0.4, -0.2) is 17.5 Å². The summed E-state index contributed by atoms with van der Waals surface area (Å²) in [7, 11) is 0. The van der Waals surface area contributed by atoms with E-state index in [2.05, 4.69) is 0 Å². The van der Waals surface area contributed by atoms with Gasteiger partial charge in [0, 0.05) is 0 Å².